The number of nitrogens with one attached hydrogen (secondary N) is 2. The Kier molecular flexibility index (Phi) is 3.17. The first-order valence-electron chi connectivity index (χ1n) is 6.86. The van der Waals surface area contributed by atoms with Crippen molar-refractivity contribution in [2.24, 2.45) is 11.8 Å². The summed E-state index contributed by atoms with van der Waals surface area (Å²) in [5, 5.41) is 3.62. The third kappa shape index (κ3) is 3.62. The number of anilines is 2. The van der Waals surface area contributed by atoms with Gasteiger partial charge in [-0.3, -0.25) is 4.72 Å². The highest BCUT2D eigenvalue weighted by atomic mass is 32.2. The van der Waals surface area contributed by atoms with Crippen LogP contribution in [0.25, 0.3) is 0 Å². The zero-order chi connectivity index (χ0) is 13.5. The molecular formula is C14H20N2O2S. The molecule has 2 aliphatic rings. The molecule has 0 spiro atoms. The topological polar surface area (TPSA) is 58.2 Å². The summed E-state index contributed by atoms with van der Waals surface area (Å²) < 4.78 is 24.7. The molecule has 0 aromatic heterocycles. The highest BCUT2D eigenvalue weighted by Crippen LogP contribution is 2.45. The monoisotopic (exact) mass is 280 g/mol. The zero-order valence-electron chi connectivity index (χ0n) is 11.1. The summed E-state index contributed by atoms with van der Waals surface area (Å²) in [7, 11) is -3.19. The minimum absolute atomic E-state index is 0.613. The second kappa shape index (κ2) is 4.71. The summed E-state index contributed by atoms with van der Waals surface area (Å²) in [5.74, 6) is 1.70. The number of hydrogen-bond acceptors (Lipinski definition) is 3. The summed E-state index contributed by atoms with van der Waals surface area (Å²) >= 11 is 0. The lowest BCUT2D eigenvalue weighted by Gasteiger charge is -2.19. The third-order valence-corrected chi connectivity index (χ3v) is 4.39. The van der Waals surface area contributed by atoms with Gasteiger partial charge in [-0.1, -0.05) is 0 Å². The molecule has 0 heterocycles. The quantitative estimate of drug-likeness (QED) is 0.842. The first-order valence-corrected chi connectivity index (χ1v) is 8.75. The summed E-state index contributed by atoms with van der Waals surface area (Å²) in [6.07, 6.45) is 6.56. The van der Waals surface area contributed by atoms with Crippen LogP contribution in [0.15, 0.2) is 24.3 Å². The van der Waals surface area contributed by atoms with E-state index < -0.39 is 10.0 Å². The fourth-order valence-electron chi connectivity index (χ4n) is 2.57. The maximum absolute atomic E-state index is 11.1. The van der Waals surface area contributed by atoms with Gasteiger partial charge in [-0.05, 0) is 61.8 Å². The van der Waals surface area contributed by atoms with E-state index in [2.05, 4.69) is 10.0 Å². The minimum atomic E-state index is -3.19. The van der Waals surface area contributed by atoms with Gasteiger partial charge >= 0.3 is 0 Å². The smallest absolute Gasteiger partial charge is 0.229 e. The fourth-order valence-corrected chi connectivity index (χ4v) is 3.14. The molecule has 19 heavy (non-hydrogen) atoms. The van der Waals surface area contributed by atoms with Crippen LogP contribution in [0.1, 0.15) is 25.7 Å². The van der Waals surface area contributed by atoms with E-state index in [9.17, 15) is 8.42 Å². The Bertz CT molecular complexity index is 533. The van der Waals surface area contributed by atoms with E-state index >= 15 is 0 Å². The van der Waals surface area contributed by atoms with Crippen molar-refractivity contribution in [2.45, 2.75) is 31.7 Å². The second-order valence-corrected chi connectivity index (χ2v) is 7.55. The number of benzene rings is 1. The molecule has 104 valence electrons. The van der Waals surface area contributed by atoms with Crippen molar-refractivity contribution in [3.8, 4) is 0 Å². The molecular weight excluding hydrogens is 260 g/mol. The molecule has 4 nitrogen and oxygen atoms in total. The minimum Gasteiger partial charge on any atom is -0.382 e. The van der Waals surface area contributed by atoms with Crippen molar-refractivity contribution in [1.29, 1.82) is 0 Å². The highest BCUT2D eigenvalue weighted by Gasteiger charge is 2.41. The molecule has 0 unspecified atom stereocenters. The van der Waals surface area contributed by atoms with Crippen molar-refractivity contribution in [3.05, 3.63) is 24.3 Å². The van der Waals surface area contributed by atoms with Crippen LogP contribution in [0.3, 0.4) is 0 Å². The molecule has 2 aliphatic carbocycles. The molecule has 0 atom stereocenters. The van der Waals surface area contributed by atoms with Crippen molar-refractivity contribution >= 4 is 21.4 Å². The molecule has 3 rings (SSSR count). The SMILES string of the molecule is CS(=O)(=O)Nc1ccc(NC(C2CC2)C2CC2)cc1. The van der Waals surface area contributed by atoms with Gasteiger partial charge in [-0.15, -0.1) is 0 Å². The van der Waals surface area contributed by atoms with Gasteiger partial charge in [0.2, 0.25) is 10.0 Å². The molecule has 1 aromatic rings. The van der Waals surface area contributed by atoms with E-state index in [4.69, 9.17) is 0 Å². The van der Waals surface area contributed by atoms with Crippen LogP contribution in [-0.4, -0.2) is 20.7 Å². The van der Waals surface area contributed by atoms with E-state index in [0.717, 1.165) is 23.8 Å². The Morgan fingerprint density at radius 2 is 1.47 bits per heavy atom. The first-order chi connectivity index (χ1) is 9.01. The predicted molar refractivity (Wildman–Crippen MR) is 77.8 cm³/mol. The maximum Gasteiger partial charge on any atom is 0.229 e. The molecule has 0 aliphatic heterocycles. The van der Waals surface area contributed by atoms with Crippen LogP contribution >= 0.6 is 0 Å². The Balaban J connectivity index is 1.65. The highest BCUT2D eigenvalue weighted by molar-refractivity contribution is 7.92. The lowest BCUT2D eigenvalue weighted by Crippen LogP contribution is -2.24. The summed E-state index contributed by atoms with van der Waals surface area (Å²) in [6, 6.07) is 8.13. The molecule has 5 heteroatoms. The summed E-state index contributed by atoms with van der Waals surface area (Å²) in [6.45, 7) is 0. The number of sulfonamides is 1. The normalized spacial score (nSPS) is 19.5. The van der Waals surface area contributed by atoms with Gasteiger partial charge in [0.1, 0.15) is 0 Å². The van der Waals surface area contributed by atoms with E-state index in [1.807, 2.05) is 12.1 Å². The first kappa shape index (κ1) is 12.8. The van der Waals surface area contributed by atoms with Crippen LogP contribution < -0.4 is 10.0 Å². The fraction of sp³-hybridized carbons (Fsp3) is 0.571. The Labute approximate surface area is 114 Å². The van der Waals surface area contributed by atoms with Gasteiger partial charge in [0.15, 0.2) is 0 Å². The van der Waals surface area contributed by atoms with Gasteiger partial charge in [-0.2, -0.15) is 0 Å². The van der Waals surface area contributed by atoms with Gasteiger partial charge < -0.3 is 5.32 Å². The van der Waals surface area contributed by atoms with Crippen LogP contribution in [0.5, 0.6) is 0 Å². The van der Waals surface area contributed by atoms with Gasteiger partial charge in [0.25, 0.3) is 0 Å². The Morgan fingerprint density at radius 1 is 1.00 bits per heavy atom. The van der Waals surface area contributed by atoms with Crippen molar-refractivity contribution in [1.82, 2.24) is 0 Å². The third-order valence-electron chi connectivity index (χ3n) is 3.78. The average molecular weight is 280 g/mol. The van der Waals surface area contributed by atoms with Crippen molar-refractivity contribution < 1.29 is 8.42 Å². The van der Waals surface area contributed by atoms with Crippen LogP contribution in [0, 0.1) is 11.8 Å². The second-order valence-electron chi connectivity index (χ2n) is 5.80. The lowest BCUT2D eigenvalue weighted by molar-refractivity contribution is 0.568. The van der Waals surface area contributed by atoms with Crippen LogP contribution in [-0.2, 0) is 10.0 Å². The molecule has 0 bridgehead atoms. The number of hydrogen-bond donors (Lipinski definition) is 2. The lowest BCUT2D eigenvalue weighted by atomic mass is 10.1. The van der Waals surface area contributed by atoms with E-state index in [-0.39, 0.29) is 0 Å². The Morgan fingerprint density at radius 3 is 1.89 bits per heavy atom. The molecule has 0 amide bonds. The molecule has 0 radical (unpaired) electrons. The van der Waals surface area contributed by atoms with E-state index in [0.29, 0.717) is 11.7 Å². The van der Waals surface area contributed by atoms with E-state index in [1.165, 1.54) is 25.7 Å². The zero-order valence-corrected chi connectivity index (χ0v) is 11.9. The standard InChI is InChI=1S/C14H20N2O2S/c1-19(17,18)16-13-8-6-12(7-9-13)15-14(10-2-3-10)11-4-5-11/h6-11,14-16H,2-5H2,1H3. The van der Waals surface area contributed by atoms with Crippen molar-refractivity contribution in [2.75, 3.05) is 16.3 Å². The summed E-state index contributed by atoms with van der Waals surface area (Å²) in [5.41, 5.74) is 1.70. The van der Waals surface area contributed by atoms with Gasteiger partial charge in [-0.25, -0.2) is 8.42 Å². The molecule has 0 saturated heterocycles. The molecule has 2 saturated carbocycles. The van der Waals surface area contributed by atoms with Crippen molar-refractivity contribution in [3.63, 3.8) is 0 Å². The largest absolute Gasteiger partial charge is 0.382 e. The average Bonchev–Trinajstić information content (AvgIpc) is 3.19. The molecule has 2 fully saturated rings. The summed E-state index contributed by atoms with van der Waals surface area (Å²) in [4.78, 5) is 0. The molecule has 2 N–H and O–H groups in total. The predicted octanol–water partition coefficient (Wildman–Crippen LogP) is 2.66. The number of rotatable bonds is 6. The van der Waals surface area contributed by atoms with Crippen LogP contribution in [0.4, 0.5) is 11.4 Å². The molecule has 1 aromatic carbocycles. The van der Waals surface area contributed by atoms with Gasteiger partial charge in [0, 0.05) is 17.4 Å². The Hall–Kier alpha value is -1.23. The maximum atomic E-state index is 11.1. The van der Waals surface area contributed by atoms with E-state index in [1.54, 1.807) is 12.1 Å². The van der Waals surface area contributed by atoms with Gasteiger partial charge in [0.05, 0.1) is 6.26 Å². The van der Waals surface area contributed by atoms with Crippen LogP contribution in [0.2, 0.25) is 0 Å².